The van der Waals surface area contributed by atoms with Crippen molar-refractivity contribution in [1.29, 1.82) is 0 Å². The van der Waals surface area contributed by atoms with Gasteiger partial charge in [-0.1, -0.05) is 32.9 Å². The zero-order valence-electron chi connectivity index (χ0n) is 15.5. The van der Waals surface area contributed by atoms with Crippen LogP contribution in [0, 0.1) is 5.41 Å². The minimum Gasteiger partial charge on any atom is -0.368 e. The van der Waals surface area contributed by atoms with Crippen LogP contribution in [-0.4, -0.2) is 35.3 Å². The van der Waals surface area contributed by atoms with E-state index >= 15 is 0 Å². The Balaban J connectivity index is 0.00000312. The molecule has 1 saturated heterocycles. The normalized spacial score (nSPS) is 18.4. The molecule has 5 N–H and O–H groups in total. The molecule has 2 amide bonds. The van der Waals surface area contributed by atoms with Crippen molar-refractivity contribution < 1.29 is 9.59 Å². The summed E-state index contributed by atoms with van der Waals surface area (Å²) in [7, 11) is 0. The number of primary amides is 1. The summed E-state index contributed by atoms with van der Waals surface area (Å²) >= 11 is 0. The first-order valence-electron chi connectivity index (χ1n) is 8.37. The maximum atomic E-state index is 12.2. The lowest BCUT2D eigenvalue weighted by atomic mass is 9.87. The fourth-order valence-electron chi connectivity index (χ4n) is 2.93. The van der Waals surface area contributed by atoms with Crippen LogP contribution < -0.4 is 16.8 Å². The summed E-state index contributed by atoms with van der Waals surface area (Å²) in [6, 6.07) is 6.85. The summed E-state index contributed by atoms with van der Waals surface area (Å²) < 4.78 is 0. The minimum absolute atomic E-state index is 0. The van der Waals surface area contributed by atoms with Crippen LogP contribution in [0.5, 0.6) is 0 Å². The summed E-state index contributed by atoms with van der Waals surface area (Å²) in [4.78, 5) is 25.8. The lowest BCUT2D eigenvalue weighted by Crippen LogP contribution is -2.45. The molecular formula is C18H30Cl2N4O2. The van der Waals surface area contributed by atoms with Gasteiger partial charge in [-0.15, -0.1) is 24.8 Å². The van der Waals surface area contributed by atoms with E-state index in [1.165, 1.54) is 0 Å². The van der Waals surface area contributed by atoms with E-state index in [0.717, 1.165) is 24.9 Å². The zero-order valence-corrected chi connectivity index (χ0v) is 17.2. The summed E-state index contributed by atoms with van der Waals surface area (Å²) in [5.74, 6) is -0.469. The van der Waals surface area contributed by atoms with Crippen molar-refractivity contribution in [3.63, 3.8) is 0 Å². The molecule has 1 heterocycles. The predicted molar refractivity (Wildman–Crippen MR) is 110 cm³/mol. The number of likely N-dealkylation sites (tertiary alicyclic amines) is 1. The number of anilines is 1. The molecule has 0 aliphatic carbocycles. The molecule has 26 heavy (non-hydrogen) atoms. The second-order valence-electron chi connectivity index (χ2n) is 7.56. The second-order valence-corrected chi connectivity index (χ2v) is 7.56. The van der Waals surface area contributed by atoms with Gasteiger partial charge in [0.2, 0.25) is 11.8 Å². The van der Waals surface area contributed by atoms with Crippen molar-refractivity contribution >= 4 is 42.3 Å². The lowest BCUT2D eigenvalue weighted by molar-refractivity contribution is -0.122. The Morgan fingerprint density at radius 2 is 1.96 bits per heavy atom. The van der Waals surface area contributed by atoms with E-state index < -0.39 is 6.04 Å². The Morgan fingerprint density at radius 1 is 1.31 bits per heavy atom. The molecule has 6 nitrogen and oxygen atoms in total. The molecule has 2 rings (SSSR count). The van der Waals surface area contributed by atoms with E-state index in [1.807, 2.05) is 45.0 Å². The maximum Gasteiger partial charge on any atom is 0.241 e. The molecule has 1 aliphatic rings. The van der Waals surface area contributed by atoms with Crippen LogP contribution in [0.2, 0.25) is 0 Å². The Kier molecular flexibility index (Phi) is 9.59. The topological polar surface area (TPSA) is 101 Å². The Morgan fingerprint density at radius 3 is 2.54 bits per heavy atom. The van der Waals surface area contributed by atoms with Crippen molar-refractivity contribution in [2.75, 3.05) is 11.9 Å². The Labute approximate surface area is 167 Å². The molecule has 1 aromatic carbocycles. The van der Waals surface area contributed by atoms with E-state index in [1.54, 1.807) is 0 Å². The zero-order chi connectivity index (χ0) is 17.9. The number of hydrogen-bond donors (Lipinski definition) is 3. The van der Waals surface area contributed by atoms with Gasteiger partial charge < -0.3 is 16.8 Å². The number of halogens is 2. The fraction of sp³-hybridized carbons (Fsp3) is 0.556. The highest BCUT2D eigenvalue weighted by Crippen LogP contribution is 2.22. The molecule has 1 aromatic rings. The molecule has 2 atom stereocenters. The third-order valence-electron chi connectivity index (χ3n) is 4.49. The highest BCUT2D eigenvalue weighted by Gasteiger charge is 2.29. The number of nitrogens with one attached hydrogen (secondary N) is 1. The van der Waals surface area contributed by atoms with Crippen LogP contribution in [0.1, 0.15) is 39.2 Å². The molecule has 0 spiro atoms. The fourth-order valence-corrected chi connectivity index (χ4v) is 2.93. The summed E-state index contributed by atoms with van der Waals surface area (Å²) in [5, 5.41) is 2.87. The summed E-state index contributed by atoms with van der Waals surface area (Å²) in [6.07, 6.45) is 1.79. The van der Waals surface area contributed by atoms with Crippen molar-refractivity contribution in [1.82, 2.24) is 4.90 Å². The van der Waals surface area contributed by atoms with E-state index in [0.29, 0.717) is 12.2 Å². The van der Waals surface area contributed by atoms with E-state index in [4.69, 9.17) is 11.5 Å². The van der Waals surface area contributed by atoms with Crippen LogP contribution in [0.15, 0.2) is 24.3 Å². The number of benzene rings is 1. The number of carbonyl (C=O) groups is 2. The standard InChI is InChI=1S/C18H28N4O2.2ClH/c1-18(2,3)15(19)17(24)21-13-7-4-6-12(10-13)11-22-9-5-8-14(22)16(20)23;;/h4,6-7,10,14-15H,5,8-9,11,19H2,1-3H3,(H2,20,23)(H,21,24);2*1H/t14?,15-;;/m1../s1. The molecule has 1 fully saturated rings. The van der Waals surface area contributed by atoms with E-state index in [2.05, 4.69) is 10.2 Å². The smallest absolute Gasteiger partial charge is 0.241 e. The quantitative estimate of drug-likeness (QED) is 0.700. The average molecular weight is 405 g/mol. The number of amides is 2. The van der Waals surface area contributed by atoms with Crippen LogP contribution in [0.25, 0.3) is 0 Å². The van der Waals surface area contributed by atoms with Gasteiger partial charge in [0, 0.05) is 12.2 Å². The van der Waals surface area contributed by atoms with Gasteiger partial charge >= 0.3 is 0 Å². The highest BCUT2D eigenvalue weighted by molar-refractivity contribution is 5.95. The van der Waals surface area contributed by atoms with Gasteiger partial charge in [-0.05, 0) is 42.5 Å². The van der Waals surface area contributed by atoms with Gasteiger partial charge in [-0.2, -0.15) is 0 Å². The molecule has 0 radical (unpaired) electrons. The van der Waals surface area contributed by atoms with Crippen molar-refractivity contribution in [2.45, 2.75) is 52.2 Å². The molecule has 0 aromatic heterocycles. The minimum atomic E-state index is -0.584. The van der Waals surface area contributed by atoms with Crippen molar-refractivity contribution in [2.24, 2.45) is 16.9 Å². The van der Waals surface area contributed by atoms with Crippen LogP contribution in [-0.2, 0) is 16.1 Å². The number of rotatable bonds is 5. The largest absolute Gasteiger partial charge is 0.368 e. The van der Waals surface area contributed by atoms with Crippen molar-refractivity contribution in [3.8, 4) is 0 Å². The van der Waals surface area contributed by atoms with Gasteiger partial charge in [0.05, 0.1) is 12.1 Å². The Hall–Kier alpha value is -1.34. The first kappa shape index (κ1) is 24.7. The van der Waals surface area contributed by atoms with Gasteiger partial charge in [-0.3, -0.25) is 14.5 Å². The van der Waals surface area contributed by atoms with Gasteiger partial charge in [0.25, 0.3) is 0 Å². The summed E-state index contributed by atoms with van der Waals surface area (Å²) in [6.45, 7) is 7.31. The number of carbonyl (C=O) groups excluding carboxylic acids is 2. The molecular weight excluding hydrogens is 375 g/mol. The van der Waals surface area contributed by atoms with E-state index in [9.17, 15) is 9.59 Å². The highest BCUT2D eigenvalue weighted by atomic mass is 35.5. The number of nitrogens with zero attached hydrogens (tertiary/aromatic N) is 1. The average Bonchev–Trinajstić information content (AvgIpc) is 2.94. The SMILES string of the molecule is CC(C)(C)[C@H](N)C(=O)Nc1cccc(CN2CCCC2C(N)=O)c1.Cl.Cl. The monoisotopic (exact) mass is 404 g/mol. The molecule has 1 unspecified atom stereocenters. The first-order chi connectivity index (χ1) is 11.2. The lowest BCUT2D eigenvalue weighted by Gasteiger charge is -2.26. The molecule has 8 heteroatoms. The van der Waals surface area contributed by atoms with Crippen LogP contribution in [0.3, 0.4) is 0 Å². The third-order valence-corrected chi connectivity index (χ3v) is 4.49. The van der Waals surface area contributed by atoms with Crippen LogP contribution >= 0.6 is 24.8 Å². The Bertz CT molecular complexity index is 619. The van der Waals surface area contributed by atoms with Gasteiger partial charge in [0.1, 0.15) is 0 Å². The van der Waals surface area contributed by atoms with Gasteiger partial charge in [0.15, 0.2) is 0 Å². The molecule has 148 valence electrons. The molecule has 0 bridgehead atoms. The van der Waals surface area contributed by atoms with E-state index in [-0.39, 0.29) is 48.1 Å². The summed E-state index contributed by atoms with van der Waals surface area (Å²) in [5.41, 5.74) is 12.9. The maximum absolute atomic E-state index is 12.2. The predicted octanol–water partition coefficient (Wildman–Crippen LogP) is 2.29. The first-order valence-corrected chi connectivity index (χ1v) is 8.37. The number of hydrogen-bond acceptors (Lipinski definition) is 4. The van der Waals surface area contributed by atoms with Crippen LogP contribution in [0.4, 0.5) is 5.69 Å². The molecule has 1 aliphatic heterocycles. The molecule has 0 saturated carbocycles. The van der Waals surface area contributed by atoms with Gasteiger partial charge in [-0.25, -0.2) is 0 Å². The second kappa shape index (κ2) is 10.1. The van der Waals surface area contributed by atoms with Crippen molar-refractivity contribution in [3.05, 3.63) is 29.8 Å². The third kappa shape index (κ3) is 6.43. The number of nitrogens with two attached hydrogens (primary N) is 2.